The highest BCUT2D eigenvalue weighted by atomic mass is 16.5. The summed E-state index contributed by atoms with van der Waals surface area (Å²) in [4.78, 5) is 59.0. The van der Waals surface area contributed by atoms with Crippen molar-refractivity contribution >= 4 is 28.9 Å². The largest absolute Gasteiger partial charge is 0.453 e. The topological polar surface area (TPSA) is 162 Å². The SMILES string of the molecule is CC[C@@H](C)[C@H](N)C(=O)N1CCC[C@H]1c1ncc(-c2ccc(C#Cc3ccc4nc([C@@H]5CCCN5C(=O)[C@@H](NC(=O)OC)[C@H](C)CC)[nH]c4c3)cc2)[nH]1. The lowest BCUT2D eigenvalue weighted by atomic mass is 9.97. The van der Waals surface area contributed by atoms with Gasteiger partial charge in [0.25, 0.3) is 0 Å². The molecule has 0 bridgehead atoms. The molecule has 0 spiro atoms. The first-order valence-corrected chi connectivity index (χ1v) is 18.5. The minimum absolute atomic E-state index is 0.00109. The molecule has 2 aromatic heterocycles. The highest BCUT2D eigenvalue weighted by molar-refractivity contribution is 5.87. The maximum absolute atomic E-state index is 13.7. The standard InChI is InChI=1S/C40H50N8O4/c1-6-24(3)34(41)38(49)47-20-8-10-32(47)36-42-23-31(45-36)28-17-14-26(15-18-28)12-13-27-16-19-29-30(22-27)44-37(43-29)33-11-9-21-48(33)39(50)35(25(4)7-2)46-40(51)52-5/h14-19,22-25,32-35H,6-11,20-21,41H2,1-5H3,(H,42,45)(H,43,44)(H,46,51)/t24-,25-,32+,33+,34+,35+/m1/s1. The smallest absolute Gasteiger partial charge is 0.407 e. The molecule has 12 heteroatoms. The fraction of sp³-hybridized carbons (Fsp3) is 0.475. The summed E-state index contributed by atoms with van der Waals surface area (Å²) in [6, 6.07) is 12.4. The van der Waals surface area contributed by atoms with Crippen LogP contribution in [-0.2, 0) is 14.3 Å². The second-order valence-electron chi connectivity index (χ2n) is 14.2. The molecule has 0 unspecified atom stereocenters. The molecule has 52 heavy (non-hydrogen) atoms. The van der Waals surface area contributed by atoms with Crippen LogP contribution in [0.3, 0.4) is 0 Å². The lowest BCUT2D eigenvalue weighted by Gasteiger charge is -2.30. The maximum atomic E-state index is 13.7. The minimum Gasteiger partial charge on any atom is -0.453 e. The number of ether oxygens (including phenoxy) is 1. The molecular weight excluding hydrogens is 656 g/mol. The van der Waals surface area contributed by atoms with Gasteiger partial charge in [0.1, 0.15) is 17.7 Å². The summed E-state index contributed by atoms with van der Waals surface area (Å²) >= 11 is 0. The van der Waals surface area contributed by atoms with Gasteiger partial charge in [-0.3, -0.25) is 9.59 Å². The van der Waals surface area contributed by atoms with E-state index in [0.29, 0.717) is 13.1 Å². The van der Waals surface area contributed by atoms with Crippen molar-refractivity contribution in [2.75, 3.05) is 20.2 Å². The highest BCUT2D eigenvalue weighted by Gasteiger charge is 2.38. The van der Waals surface area contributed by atoms with Crippen molar-refractivity contribution in [3.8, 4) is 23.1 Å². The fourth-order valence-electron chi connectivity index (χ4n) is 7.16. The van der Waals surface area contributed by atoms with Crippen LogP contribution in [0.5, 0.6) is 0 Å². The Labute approximate surface area is 305 Å². The van der Waals surface area contributed by atoms with Gasteiger partial charge >= 0.3 is 6.09 Å². The molecule has 0 radical (unpaired) electrons. The third kappa shape index (κ3) is 7.70. The maximum Gasteiger partial charge on any atom is 0.407 e. The first kappa shape index (κ1) is 36.6. The van der Waals surface area contributed by atoms with Crippen LogP contribution >= 0.6 is 0 Å². The van der Waals surface area contributed by atoms with Gasteiger partial charge in [0.2, 0.25) is 11.8 Å². The first-order valence-electron chi connectivity index (χ1n) is 18.5. The summed E-state index contributed by atoms with van der Waals surface area (Å²) in [6.07, 6.45) is 6.23. The van der Waals surface area contributed by atoms with Crippen LogP contribution in [-0.4, -0.2) is 79.9 Å². The summed E-state index contributed by atoms with van der Waals surface area (Å²) in [7, 11) is 1.30. The van der Waals surface area contributed by atoms with Crippen molar-refractivity contribution in [3.05, 3.63) is 71.4 Å². The van der Waals surface area contributed by atoms with Crippen LogP contribution in [0.15, 0.2) is 48.7 Å². The number of nitrogens with two attached hydrogens (primary N) is 1. The van der Waals surface area contributed by atoms with Crippen LogP contribution in [0.2, 0.25) is 0 Å². The number of benzene rings is 2. The van der Waals surface area contributed by atoms with Gasteiger partial charge in [-0.15, -0.1) is 0 Å². The second-order valence-corrected chi connectivity index (χ2v) is 14.2. The average Bonchev–Trinajstić information content (AvgIpc) is 4.00. The zero-order valence-corrected chi connectivity index (χ0v) is 30.7. The predicted octanol–water partition coefficient (Wildman–Crippen LogP) is 5.82. The number of amides is 3. The van der Waals surface area contributed by atoms with E-state index in [9.17, 15) is 14.4 Å². The van der Waals surface area contributed by atoms with Crippen molar-refractivity contribution in [1.29, 1.82) is 0 Å². The number of likely N-dealkylation sites (tertiary alicyclic amines) is 2. The van der Waals surface area contributed by atoms with E-state index >= 15 is 0 Å². The van der Waals surface area contributed by atoms with Gasteiger partial charge < -0.3 is 35.6 Å². The van der Waals surface area contributed by atoms with E-state index in [-0.39, 0.29) is 35.7 Å². The third-order valence-corrected chi connectivity index (χ3v) is 10.8. The monoisotopic (exact) mass is 706 g/mol. The van der Waals surface area contributed by atoms with Gasteiger partial charge in [-0.05, 0) is 73.4 Å². The summed E-state index contributed by atoms with van der Waals surface area (Å²) in [5.41, 5.74) is 11.5. The number of hydrogen-bond acceptors (Lipinski definition) is 7. The van der Waals surface area contributed by atoms with Crippen molar-refractivity contribution in [2.45, 2.75) is 90.4 Å². The van der Waals surface area contributed by atoms with Gasteiger partial charge in [0.15, 0.2) is 0 Å². The van der Waals surface area contributed by atoms with E-state index in [1.54, 1.807) is 0 Å². The summed E-state index contributed by atoms with van der Waals surface area (Å²) in [5, 5.41) is 2.74. The van der Waals surface area contributed by atoms with Gasteiger partial charge in [-0.25, -0.2) is 14.8 Å². The van der Waals surface area contributed by atoms with E-state index < -0.39 is 18.2 Å². The van der Waals surface area contributed by atoms with E-state index in [1.165, 1.54) is 7.11 Å². The molecule has 12 nitrogen and oxygen atoms in total. The number of imidazole rings is 2. The number of methoxy groups -OCH3 is 1. The van der Waals surface area contributed by atoms with Crippen molar-refractivity contribution in [1.82, 2.24) is 35.1 Å². The number of carbonyl (C=O) groups is 3. The Morgan fingerprint density at radius 1 is 0.904 bits per heavy atom. The van der Waals surface area contributed by atoms with E-state index in [4.69, 9.17) is 15.5 Å². The average molecular weight is 707 g/mol. The van der Waals surface area contributed by atoms with Crippen molar-refractivity contribution in [3.63, 3.8) is 0 Å². The molecule has 2 saturated heterocycles. The van der Waals surface area contributed by atoms with Gasteiger partial charge in [0, 0.05) is 24.2 Å². The third-order valence-electron chi connectivity index (χ3n) is 10.8. The van der Waals surface area contributed by atoms with Gasteiger partial charge in [-0.1, -0.05) is 64.5 Å². The Balaban J connectivity index is 1.13. The van der Waals surface area contributed by atoms with Gasteiger partial charge in [0.05, 0.1) is 48.2 Å². The van der Waals surface area contributed by atoms with Crippen LogP contribution < -0.4 is 11.1 Å². The molecule has 274 valence electrons. The molecule has 2 fully saturated rings. The normalized spacial score (nSPS) is 19.5. The van der Waals surface area contributed by atoms with Crippen molar-refractivity contribution in [2.24, 2.45) is 17.6 Å². The second kappa shape index (κ2) is 16.0. The number of aromatic amines is 2. The van der Waals surface area contributed by atoms with E-state index in [0.717, 1.165) is 83.6 Å². The number of hydrogen-bond donors (Lipinski definition) is 4. The fourth-order valence-corrected chi connectivity index (χ4v) is 7.16. The van der Waals surface area contributed by atoms with Crippen LogP contribution in [0.1, 0.15) is 101 Å². The number of nitrogens with one attached hydrogen (secondary N) is 3. The molecule has 2 aliphatic rings. The first-order chi connectivity index (χ1) is 25.1. The number of carbonyl (C=O) groups excluding carboxylic acids is 3. The van der Waals surface area contributed by atoms with E-state index in [1.807, 2.05) is 79.2 Å². The summed E-state index contributed by atoms with van der Waals surface area (Å²) in [5.74, 6) is 8.01. The van der Waals surface area contributed by atoms with Crippen molar-refractivity contribution < 1.29 is 19.1 Å². The number of rotatable bonds is 10. The Hall–Kier alpha value is -5.15. The zero-order valence-electron chi connectivity index (χ0n) is 30.7. The minimum atomic E-state index is -0.672. The van der Waals surface area contributed by atoms with E-state index in [2.05, 4.69) is 39.0 Å². The molecule has 2 aromatic carbocycles. The zero-order chi connectivity index (χ0) is 36.9. The number of alkyl carbamates (subject to hydrolysis) is 1. The van der Waals surface area contributed by atoms with Gasteiger partial charge in [-0.2, -0.15) is 0 Å². The molecule has 4 aromatic rings. The number of fused-ring (bicyclic) bond motifs is 1. The van der Waals surface area contributed by atoms with Crippen LogP contribution in [0.25, 0.3) is 22.3 Å². The molecule has 0 saturated carbocycles. The summed E-state index contributed by atoms with van der Waals surface area (Å²) in [6.45, 7) is 9.33. The Bertz CT molecular complexity index is 1960. The molecule has 3 amide bonds. The highest BCUT2D eigenvalue weighted by Crippen LogP contribution is 2.34. The Morgan fingerprint density at radius 2 is 1.54 bits per heavy atom. The molecule has 6 atom stereocenters. The molecule has 4 heterocycles. The lowest BCUT2D eigenvalue weighted by Crippen LogP contribution is -2.51. The summed E-state index contributed by atoms with van der Waals surface area (Å²) < 4.78 is 4.79. The molecule has 5 N–H and O–H groups in total. The number of nitrogens with zero attached hydrogens (tertiary/aromatic N) is 4. The Morgan fingerprint density at radius 3 is 2.21 bits per heavy atom. The molecular formula is C40H50N8O4. The molecule has 2 aliphatic heterocycles. The number of H-pyrrole nitrogens is 2. The Kier molecular flexibility index (Phi) is 11.3. The molecule has 0 aliphatic carbocycles. The quantitative estimate of drug-likeness (QED) is 0.151. The predicted molar refractivity (Wildman–Crippen MR) is 200 cm³/mol. The van der Waals surface area contributed by atoms with Crippen LogP contribution in [0, 0.1) is 23.7 Å². The lowest BCUT2D eigenvalue weighted by molar-refractivity contribution is -0.136. The number of aromatic nitrogens is 4. The van der Waals surface area contributed by atoms with Crippen LogP contribution in [0.4, 0.5) is 4.79 Å². The molecule has 6 rings (SSSR count).